The third kappa shape index (κ3) is 15.8. The molecule has 8 rings (SSSR count). The Kier molecular flexibility index (Phi) is 22.6. The SMILES string of the molecule is CNC(=O)C1C[C@@H](O)CN1C(=O)C1CCCN1C(=O)CNC(=O)[C@@H]1C[C@H](O)CN1C(=O)C1CCCN1C(=O)CNC(=O)C1C[C@@H](O)CN1C(=O)C1CCCN1C(=O)CNC(=O)[C@@H]1C[C@H](O)CN1C(=O)[C@H]1CCCN1C(=O)CCC(C(=O)O)N(CC(=O)O)CC(=O)O. The zero-order valence-electron chi connectivity index (χ0n) is 50.4. The highest BCUT2D eigenvalue weighted by atomic mass is 16.4. The Bertz CT molecular complexity index is 2870. The number of likely N-dealkylation sites (tertiary alicyclic amines) is 8. The van der Waals surface area contributed by atoms with Gasteiger partial charge in [-0.15, -0.1) is 0 Å². The number of likely N-dealkylation sites (N-methyl/N-ethyl adjacent to an activating group) is 1. The predicted octanol–water partition coefficient (Wildman–Crippen LogP) is -8.40. The number of nitrogens with zero attached hydrogens (tertiary/aromatic N) is 9. The maximum Gasteiger partial charge on any atom is 0.320 e. The van der Waals surface area contributed by atoms with Crippen LogP contribution in [0.1, 0.15) is 89.9 Å². The molecule has 0 aromatic rings. The first-order chi connectivity index (χ1) is 43.2. The number of hydrogen-bond donors (Lipinski definition) is 11. The Morgan fingerprint density at radius 1 is 0.396 bits per heavy atom. The zero-order valence-corrected chi connectivity index (χ0v) is 50.4. The van der Waals surface area contributed by atoms with Crippen molar-refractivity contribution in [2.24, 2.45) is 0 Å². The van der Waals surface area contributed by atoms with Crippen molar-refractivity contribution in [1.82, 2.24) is 65.4 Å². The van der Waals surface area contributed by atoms with Crippen LogP contribution in [-0.4, -0.2) is 340 Å². The number of β-amino-alcohol motifs (C(OH)–C–C–N with tert-alkyl or cyclic N) is 4. The highest BCUT2D eigenvalue weighted by molar-refractivity contribution is 5.99. The molecule has 8 aliphatic heterocycles. The minimum absolute atomic E-state index is 0.0343. The summed E-state index contributed by atoms with van der Waals surface area (Å²) < 4.78 is 0. The fourth-order valence-corrected chi connectivity index (χ4v) is 14.1. The minimum atomic E-state index is -1.67. The van der Waals surface area contributed by atoms with Crippen LogP contribution in [0.4, 0.5) is 0 Å². The van der Waals surface area contributed by atoms with E-state index >= 15 is 0 Å². The quantitative estimate of drug-likeness (QED) is 0.0453. The van der Waals surface area contributed by atoms with Crippen LogP contribution in [0.5, 0.6) is 0 Å². The molecular formula is C56H81N13O22. The number of carboxylic acids is 3. The van der Waals surface area contributed by atoms with E-state index in [0.717, 1.165) is 14.7 Å². The molecule has 8 fully saturated rings. The summed E-state index contributed by atoms with van der Waals surface area (Å²) >= 11 is 0. The molecule has 91 heavy (non-hydrogen) atoms. The highest BCUT2D eigenvalue weighted by Crippen LogP contribution is 2.31. The summed E-state index contributed by atoms with van der Waals surface area (Å²) in [5, 5.41) is 80.6. The van der Waals surface area contributed by atoms with E-state index < -0.39 is 213 Å². The Morgan fingerprint density at radius 3 is 0.934 bits per heavy atom. The van der Waals surface area contributed by atoms with E-state index in [0.29, 0.717) is 30.6 Å². The molecule has 0 aromatic heterocycles. The number of rotatable bonds is 23. The second kappa shape index (κ2) is 29.9. The lowest BCUT2D eigenvalue weighted by Gasteiger charge is -2.32. The minimum Gasteiger partial charge on any atom is -0.480 e. The van der Waals surface area contributed by atoms with Crippen molar-refractivity contribution in [2.75, 3.05) is 92.1 Å². The highest BCUT2D eigenvalue weighted by Gasteiger charge is 2.50. The van der Waals surface area contributed by atoms with Gasteiger partial charge in [0.05, 0.1) is 57.1 Å². The third-order valence-electron chi connectivity index (χ3n) is 18.4. The van der Waals surface area contributed by atoms with Crippen molar-refractivity contribution in [2.45, 2.75) is 169 Å². The topological polar surface area (TPSA) is 475 Å². The van der Waals surface area contributed by atoms with Crippen LogP contribution >= 0.6 is 0 Å². The summed E-state index contributed by atoms with van der Waals surface area (Å²) in [5.74, 6) is -12.7. The maximum atomic E-state index is 14.3. The van der Waals surface area contributed by atoms with Crippen LogP contribution in [0.15, 0.2) is 0 Å². The number of aliphatic carboxylic acids is 3. The standard InChI is InChI=1S/C56H81N13O22/c1-57-48(82)38-16-29(70)23-66(38)53(87)34-7-3-13-63(34)43(75)20-59-50(84)40-18-31(72)25-68(40)55(89)36-9-5-15-65(36)45(77)22-60-51(85)41-19-32(73)26-69(41)54(88)35-8-4-14-64(35)44(76)21-58-49(83)39-17-30(71)24-67(39)52(86)33-6-2-12-62(33)42(74)11-10-37(56(90)91)61(27-46(78)79)28-47(80)81/h29-41,70-73H,2-28H2,1H3,(H,57,82)(H,58,83)(H,59,84)(H,60,85)(H,78,79)(H,80,81)(H,90,91)/t29-,30+,31+,32-,33-,34?,35?,36?,37?,38?,39+,40+,41?/m1/s1. The summed E-state index contributed by atoms with van der Waals surface area (Å²) in [6.45, 7) is -4.35. The summed E-state index contributed by atoms with van der Waals surface area (Å²) in [6.07, 6.45) is -3.84. The Morgan fingerprint density at radius 2 is 0.670 bits per heavy atom. The van der Waals surface area contributed by atoms with Gasteiger partial charge in [-0.3, -0.25) is 76.8 Å². The van der Waals surface area contributed by atoms with E-state index in [1.807, 2.05) is 0 Å². The van der Waals surface area contributed by atoms with Gasteiger partial charge >= 0.3 is 17.9 Å². The normalized spacial score (nSPS) is 28.4. The lowest BCUT2D eigenvalue weighted by Crippen LogP contribution is -2.56. The first kappa shape index (κ1) is 68.8. The summed E-state index contributed by atoms with van der Waals surface area (Å²) in [4.78, 5) is 210. The van der Waals surface area contributed by atoms with Gasteiger partial charge in [-0.1, -0.05) is 0 Å². The lowest BCUT2D eigenvalue weighted by atomic mass is 10.1. The molecule has 0 radical (unpaired) electrons. The second-order valence-corrected chi connectivity index (χ2v) is 24.4. The van der Waals surface area contributed by atoms with Gasteiger partial charge < -0.3 is 96.2 Å². The number of carbonyl (C=O) groups is 15. The summed E-state index contributed by atoms with van der Waals surface area (Å²) in [7, 11) is 1.41. The van der Waals surface area contributed by atoms with Crippen molar-refractivity contribution in [3.8, 4) is 0 Å². The molecule has 0 spiro atoms. The summed E-state index contributed by atoms with van der Waals surface area (Å²) in [5.41, 5.74) is 0. The molecule has 0 bridgehead atoms. The molecule has 502 valence electrons. The van der Waals surface area contributed by atoms with Crippen LogP contribution in [-0.2, 0) is 71.9 Å². The molecule has 11 N–H and O–H groups in total. The Labute approximate surface area is 521 Å². The monoisotopic (exact) mass is 1290 g/mol. The van der Waals surface area contributed by atoms with Crippen LogP contribution in [0.3, 0.4) is 0 Å². The van der Waals surface area contributed by atoms with Crippen molar-refractivity contribution >= 4 is 88.8 Å². The molecule has 0 aromatic carbocycles. The molecular weight excluding hydrogens is 1210 g/mol. The molecule has 13 atom stereocenters. The number of nitrogens with one attached hydrogen (secondary N) is 4. The Hall–Kier alpha value is -8.15. The van der Waals surface area contributed by atoms with Crippen LogP contribution < -0.4 is 21.3 Å². The summed E-state index contributed by atoms with van der Waals surface area (Å²) in [6, 6.07) is -10.8. The fraction of sp³-hybridized carbons (Fsp3) is 0.732. The van der Waals surface area contributed by atoms with Crippen LogP contribution in [0.2, 0.25) is 0 Å². The number of aliphatic hydroxyl groups excluding tert-OH is 4. The molecule has 8 aliphatic rings. The average molecular weight is 1290 g/mol. The number of amides is 12. The van der Waals surface area contributed by atoms with Gasteiger partial charge in [0.25, 0.3) is 0 Å². The fourth-order valence-electron chi connectivity index (χ4n) is 14.1. The van der Waals surface area contributed by atoms with E-state index in [-0.39, 0.29) is 104 Å². The van der Waals surface area contributed by atoms with Crippen molar-refractivity contribution < 1.29 is 108 Å². The van der Waals surface area contributed by atoms with E-state index in [1.165, 1.54) is 31.5 Å². The number of hydrogen-bond acceptors (Lipinski definition) is 20. The predicted molar refractivity (Wildman–Crippen MR) is 304 cm³/mol. The number of aliphatic hydroxyl groups is 4. The van der Waals surface area contributed by atoms with E-state index in [1.54, 1.807) is 0 Å². The van der Waals surface area contributed by atoms with E-state index in [4.69, 9.17) is 0 Å². The van der Waals surface area contributed by atoms with Gasteiger partial charge in [0, 0.05) is 91.5 Å². The molecule has 0 saturated carbocycles. The van der Waals surface area contributed by atoms with Gasteiger partial charge in [-0.2, -0.15) is 0 Å². The van der Waals surface area contributed by atoms with Gasteiger partial charge in [-0.05, 0) is 57.8 Å². The van der Waals surface area contributed by atoms with Gasteiger partial charge in [0.15, 0.2) is 0 Å². The van der Waals surface area contributed by atoms with Crippen molar-refractivity contribution in [1.29, 1.82) is 0 Å². The van der Waals surface area contributed by atoms with Crippen LogP contribution in [0, 0.1) is 0 Å². The molecule has 0 aliphatic carbocycles. The molecule has 6 unspecified atom stereocenters. The zero-order chi connectivity index (χ0) is 66.3. The van der Waals surface area contributed by atoms with Gasteiger partial charge in [0.2, 0.25) is 70.9 Å². The molecule has 8 heterocycles. The van der Waals surface area contributed by atoms with Crippen LogP contribution in [0.25, 0.3) is 0 Å². The molecule has 12 amide bonds. The number of carbonyl (C=O) groups excluding carboxylic acids is 12. The number of carboxylic acid groups (broad SMARTS) is 3. The Balaban J connectivity index is 0.808. The lowest BCUT2D eigenvalue weighted by molar-refractivity contribution is -0.150. The average Bonchev–Trinajstić information content (AvgIpc) is 1.89. The van der Waals surface area contributed by atoms with E-state index in [2.05, 4.69) is 21.3 Å². The van der Waals surface area contributed by atoms with E-state index in [9.17, 15) is 108 Å². The first-order valence-electron chi connectivity index (χ1n) is 30.8. The van der Waals surface area contributed by atoms with Gasteiger partial charge in [0.1, 0.15) is 54.4 Å². The molecule has 35 nitrogen and oxygen atoms in total. The second-order valence-electron chi connectivity index (χ2n) is 24.4. The van der Waals surface area contributed by atoms with Crippen molar-refractivity contribution in [3.63, 3.8) is 0 Å². The van der Waals surface area contributed by atoms with Gasteiger partial charge in [-0.25, -0.2) is 0 Å². The van der Waals surface area contributed by atoms with Crippen molar-refractivity contribution in [3.05, 3.63) is 0 Å². The molecule has 8 saturated heterocycles. The third-order valence-corrected chi connectivity index (χ3v) is 18.4. The largest absolute Gasteiger partial charge is 0.480 e. The smallest absolute Gasteiger partial charge is 0.320 e. The molecule has 35 heteroatoms. The first-order valence-corrected chi connectivity index (χ1v) is 30.8. The maximum absolute atomic E-state index is 14.3.